The van der Waals surface area contributed by atoms with Gasteiger partial charge in [0.2, 0.25) is 0 Å². The van der Waals surface area contributed by atoms with E-state index in [1.165, 1.54) is 12.1 Å². The Morgan fingerprint density at radius 2 is 2.00 bits per heavy atom. The molecule has 0 aliphatic carbocycles. The standard InChI is InChI=1S/C8H6BrF3O/c9-8(11,12)7(13)5-2-1-3-6(10)4-5/h1-4,7,13H. The SMILES string of the molecule is OC(c1cccc(F)c1)C(F)(F)Br. The fourth-order valence-electron chi connectivity index (χ4n) is 0.866. The van der Waals surface area contributed by atoms with Crippen molar-refractivity contribution in [3.05, 3.63) is 35.6 Å². The molecule has 1 unspecified atom stereocenters. The predicted octanol–water partition coefficient (Wildman–Crippen LogP) is 2.85. The van der Waals surface area contributed by atoms with Gasteiger partial charge in [0.05, 0.1) is 0 Å². The van der Waals surface area contributed by atoms with Crippen LogP contribution >= 0.6 is 15.9 Å². The Kier molecular flexibility index (Phi) is 2.98. The quantitative estimate of drug-likeness (QED) is 0.805. The molecule has 0 aliphatic rings. The fourth-order valence-corrected chi connectivity index (χ4v) is 1.13. The highest BCUT2D eigenvalue weighted by atomic mass is 79.9. The van der Waals surface area contributed by atoms with Gasteiger partial charge in [-0.05, 0) is 33.6 Å². The van der Waals surface area contributed by atoms with Crippen molar-refractivity contribution in [3.8, 4) is 0 Å². The lowest BCUT2D eigenvalue weighted by atomic mass is 10.1. The Bertz CT molecular complexity index is 298. The molecule has 1 nitrogen and oxygen atoms in total. The van der Waals surface area contributed by atoms with Crippen molar-refractivity contribution in [2.75, 3.05) is 0 Å². The van der Waals surface area contributed by atoms with E-state index in [-0.39, 0.29) is 5.56 Å². The molecule has 0 aromatic heterocycles. The Labute approximate surface area is 81.3 Å². The molecule has 1 rings (SSSR count). The van der Waals surface area contributed by atoms with E-state index in [1.807, 2.05) is 15.9 Å². The maximum Gasteiger partial charge on any atom is 0.330 e. The molecule has 1 atom stereocenters. The molecule has 0 aliphatic heterocycles. The molecule has 0 amide bonds. The number of hydrogen-bond acceptors (Lipinski definition) is 1. The van der Waals surface area contributed by atoms with Gasteiger partial charge in [0.15, 0.2) is 6.10 Å². The van der Waals surface area contributed by atoms with Gasteiger partial charge in [-0.15, -0.1) is 0 Å². The molecule has 0 saturated carbocycles. The van der Waals surface area contributed by atoms with Crippen LogP contribution in [0.5, 0.6) is 0 Å². The van der Waals surface area contributed by atoms with Crippen molar-refractivity contribution in [1.29, 1.82) is 0 Å². The van der Waals surface area contributed by atoms with Crippen LogP contribution in [0.3, 0.4) is 0 Å². The Hall–Kier alpha value is -0.550. The van der Waals surface area contributed by atoms with Crippen molar-refractivity contribution < 1.29 is 18.3 Å². The Morgan fingerprint density at radius 1 is 1.38 bits per heavy atom. The van der Waals surface area contributed by atoms with Gasteiger partial charge in [0.25, 0.3) is 0 Å². The molecule has 1 aromatic rings. The molecule has 1 N–H and O–H groups in total. The van der Waals surface area contributed by atoms with Gasteiger partial charge in [0, 0.05) is 0 Å². The van der Waals surface area contributed by atoms with Gasteiger partial charge in [-0.3, -0.25) is 0 Å². The molecule has 5 heteroatoms. The largest absolute Gasteiger partial charge is 0.381 e. The first-order chi connectivity index (χ1) is 5.91. The minimum Gasteiger partial charge on any atom is -0.381 e. The smallest absolute Gasteiger partial charge is 0.330 e. The van der Waals surface area contributed by atoms with Crippen LogP contribution in [-0.2, 0) is 0 Å². The van der Waals surface area contributed by atoms with Gasteiger partial charge in [0.1, 0.15) is 5.82 Å². The van der Waals surface area contributed by atoms with Gasteiger partial charge in [-0.25, -0.2) is 4.39 Å². The average Bonchev–Trinajstić information content (AvgIpc) is 2.01. The molecule has 0 bridgehead atoms. The minimum atomic E-state index is -3.44. The monoisotopic (exact) mass is 254 g/mol. The maximum absolute atomic E-state index is 12.5. The third-order valence-corrected chi connectivity index (χ3v) is 1.91. The molecule has 13 heavy (non-hydrogen) atoms. The van der Waals surface area contributed by atoms with Crippen molar-refractivity contribution in [2.24, 2.45) is 0 Å². The highest BCUT2D eigenvalue weighted by Gasteiger charge is 2.36. The number of aliphatic hydroxyl groups is 1. The zero-order chi connectivity index (χ0) is 10.1. The highest BCUT2D eigenvalue weighted by molar-refractivity contribution is 9.10. The van der Waals surface area contributed by atoms with Crippen LogP contribution in [0.25, 0.3) is 0 Å². The summed E-state index contributed by atoms with van der Waals surface area (Å²) in [6.45, 7) is 0. The second-order valence-electron chi connectivity index (χ2n) is 2.50. The predicted molar refractivity (Wildman–Crippen MR) is 45.2 cm³/mol. The number of rotatable bonds is 2. The molecule has 0 spiro atoms. The van der Waals surface area contributed by atoms with Crippen molar-refractivity contribution in [1.82, 2.24) is 0 Å². The van der Waals surface area contributed by atoms with Crippen LogP contribution in [0.15, 0.2) is 24.3 Å². The summed E-state index contributed by atoms with van der Waals surface area (Å²) < 4.78 is 37.5. The van der Waals surface area contributed by atoms with E-state index < -0.39 is 16.8 Å². The normalized spacial score (nSPS) is 14.2. The summed E-state index contributed by atoms with van der Waals surface area (Å²) in [5.41, 5.74) is -0.165. The summed E-state index contributed by atoms with van der Waals surface area (Å²) in [5.74, 6) is -0.659. The third-order valence-electron chi connectivity index (χ3n) is 1.47. The lowest BCUT2D eigenvalue weighted by molar-refractivity contribution is -0.0295. The van der Waals surface area contributed by atoms with Gasteiger partial charge >= 0.3 is 4.83 Å². The Balaban J connectivity index is 2.96. The second-order valence-corrected chi connectivity index (χ2v) is 3.56. The van der Waals surface area contributed by atoms with Crippen molar-refractivity contribution in [3.63, 3.8) is 0 Å². The maximum atomic E-state index is 12.5. The highest BCUT2D eigenvalue weighted by Crippen LogP contribution is 2.36. The molecule has 72 valence electrons. The fraction of sp³-hybridized carbons (Fsp3) is 0.250. The van der Waals surface area contributed by atoms with E-state index in [0.29, 0.717) is 0 Å². The first kappa shape index (κ1) is 10.5. The van der Waals surface area contributed by atoms with Gasteiger partial charge in [-0.1, -0.05) is 12.1 Å². The molecule has 0 radical (unpaired) electrons. The topological polar surface area (TPSA) is 20.2 Å². The summed E-state index contributed by atoms with van der Waals surface area (Å²) >= 11 is 2.00. The zero-order valence-corrected chi connectivity index (χ0v) is 7.93. The van der Waals surface area contributed by atoms with Crippen molar-refractivity contribution in [2.45, 2.75) is 10.9 Å². The summed E-state index contributed by atoms with van der Waals surface area (Å²) in [6.07, 6.45) is -2.04. The van der Waals surface area contributed by atoms with E-state index >= 15 is 0 Å². The van der Waals surface area contributed by atoms with Crippen LogP contribution in [0.2, 0.25) is 0 Å². The molecule has 0 saturated heterocycles. The second kappa shape index (κ2) is 3.67. The molecule has 0 fully saturated rings. The number of halogens is 4. The first-order valence-corrected chi connectivity index (χ1v) is 4.21. The lowest BCUT2D eigenvalue weighted by Crippen LogP contribution is -2.18. The molecular weight excluding hydrogens is 249 g/mol. The lowest BCUT2D eigenvalue weighted by Gasteiger charge is -2.16. The van der Waals surface area contributed by atoms with Crippen LogP contribution < -0.4 is 0 Å². The zero-order valence-electron chi connectivity index (χ0n) is 6.35. The van der Waals surface area contributed by atoms with E-state index in [4.69, 9.17) is 5.11 Å². The van der Waals surface area contributed by atoms with Crippen LogP contribution in [-0.4, -0.2) is 9.94 Å². The van der Waals surface area contributed by atoms with Gasteiger partial charge < -0.3 is 5.11 Å². The number of benzene rings is 1. The van der Waals surface area contributed by atoms with Crippen LogP contribution in [0.1, 0.15) is 11.7 Å². The molecule has 0 heterocycles. The summed E-state index contributed by atoms with van der Waals surface area (Å²) in [6, 6.07) is 4.46. The average molecular weight is 255 g/mol. The molecule has 1 aromatic carbocycles. The van der Waals surface area contributed by atoms with E-state index in [9.17, 15) is 13.2 Å². The number of alkyl halides is 3. The summed E-state index contributed by atoms with van der Waals surface area (Å²) in [7, 11) is 0. The number of aliphatic hydroxyl groups excluding tert-OH is 1. The summed E-state index contributed by atoms with van der Waals surface area (Å²) in [5, 5.41) is 9.02. The van der Waals surface area contributed by atoms with Gasteiger partial charge in [-0.2, -0.15) is 8.78 Å². The van der Waals surface area contributed by atoms with E-state index in [2.05, 4.69) is 0 Å². The van der Waals surface area contributed by atoms with Crippen LogP contribution in [0, 0.1) is 5.82 Å². The summed E-state index contributed by atoms with van der Waals surface area (Å²) in [4.78, 5) is -3.44. The first-order valence-electron chi connectivity index (χ1n) is 3.41. The minimum absolute atomic E-state index is 0.165. The van der Waals surface area contributed by atoms with E-state index in [0.717, 1.165) is 12.1 Å². The third kappa shape index (κ3) is 2.70. The van der Waals surface area contributed by atoms with Crippen molar-refractivity contribution >= 4 is 15.9 Å². The Morgan fingerprint density at radius 3 is 2.46 bits per heavy atom. The van der Waals surface area contributed by atoms with Crippen LogP contribution in [0.4, 0.5) is 13.2 Å². The molecular formula is C8H6BrF3O. The number of hydrogen-bond donors (Lipinski definition) is 1. The van der Waals surface area contributed by atoms with E-state index in [1.54, 1.807) is 0 Å².